The van der Waals surface area contributed by atoms with E-state index in [1.165, 1.54) is 57.2 Å². The van der Waals surface area contributed by atoms with Crippen LogP contribution in [0.4, 0.5) is 0 Å². The van der Waals surface area contributed by atoms with Crippen LogP contribution in [0.3, 0.4) is 0 Å². The zero-order valence-corrected chi connectivity index (χ0v) is 14.1. The number of fused-ring (bicyclic) bond motifs is 2. The predicted molar refractivity (Wildman–Crippen MR) is 90.5 cm³/mol. The topological polar surface area (TPSA) is 12.5 Å². The first-order valence-electron chi connectivity index (χ1n) is 9.13. The van der Waals surface area contributed by atoms with Crippen molar-refractivity contribution in [3.8, 4) is 5.75 Å². The van der Waals surface area contributed by atoms with Gasteiger partial charge in [-0.1, -0.05) is 12.5 Å². The number of methoxy groups -OCH3 is 1. The summed E-state index contributed by atoms with van der Waals surface area (Å²) in [5, 5.41) is 0. The Morgan fingerprint density at radius 1 is 1.05 bits per heavy atom. The van der Waals surface area contributed by atoms with E-state index in [-0.39, 0.29) is 0 Å². The largest absolute Gasteiger partial charge is 0.497 e. The van der Waals surface area contributed by atoms with E-state index in [0.717, 1.165) is 29.5 Å². The summed E-state index contributed by atoms with van der Waals surface area (Å²) >= 11 is 0. The molecule has 0 amide bonds. The minimum atomic E-state index is 0.751. The molecule has 0 radical (unpaired) electrons. The molecule has 2 heteroatoms. The summed E-state index contributed by atoms with van der Waals surface area (Å²) in [5.74, 6) is 3.84. The van der Waals surface area contributed by atoms with Crippen molar-refractivity contribution in [2.75, 3.05) is 20.2 Å². The molecule has 1 saturated heterocycles. The van der Waals surface area contributed by atoms with Gasteiger partial charge in [-0.25, -0.2) is 0 Å². The number of piperidine rings is 1. The van der Waals surface area contributed by atoms with Gasteiger partial charge in [-0.15, -0.1) is 0 Å². The summed E-state index contributed by atoms with van der Waals surface area (Å²) in [6.45, 7) is 4.86. The van der Waals surface area contributed by atoms with Crippen LogP contribution in [-0.2, 0) is 0 Å². The summed E-state index contributed by atoms with van der Waals surface area (Å²) in [7, 11) is 1.75. The number of hydrogen-bond acceptors (Lipinski definition) is 2. The Morgan fingerprint density at radius 3 is 2.45 bits per heavy atom. The lowest BCUT2D eigenvalue weighted by molar-refractivity contribution is 0.110. The van der Waals surface area contributed by atoms with E-state index in [4.69, 9.17) is 4.74 Å². The first-order chi connectivity index (χ1) is 10.7. The minimum absolute atomic E-state index is 0.751. The van der Waals surface area contributed by atoms with Crippen molar-refractivity contribution in [1.29, 1.82) is 0 Å². The molecular formula is C20H29NO. The van der Waals surface area contributed by atoms with Gasteiger partial charge < -0.3 is 9.64 Å². The summed E-state index contributed by atoms with van der Waals surface area (Å²) in [5.41, 5.74) is 2.95. The molecule has 1 aliphatic heterocycles. The van der Waals surface area contributed by atoms with Crippen molar-refractivity contribution < 1.29 is 4.74 Å². The highest BCUT2D eigenvalue weighted by Gasteiger charge is 2.42. The molecule has 4 rings (SSSR count). The molecule has 0 aromatic heterocycles. The summed E-state index contributed by atoms with van der Waals surface area (Å²) in [6, 6.07) is 7.55. The first-order valence-corrected chi connectivity index (χ1v) is 9.13. The van der Waals surface area contributed by atoms with Crippen LogP contribution in [0.25, 0.3) is 0 Å². The van der Waals surface area contributed by atoms with Crippen LogP contribution in [0.2, 0.25) is 0 Å². The molecule has 1 heterocycles. The number of rotatable bonds is 3. The van der Waals surface area contributed by atoms with E-state index in [1.54, 1.807) is 12.7 Å². The van der Waals surface area contributed by atoms with Crippen LogP contribution in [0.5, 0.6) is 5.75 Å². The molecule has 0 spiro atoms. The van der Waals surface area contributed by atoms with Crippen LogP contribution < -0.4 is 4.74 Å². The van der Waals surface area contributed by atoms with E-state index in [9.17, 15) is 0 Å². The standard InChI is InChI=1S/C20H29NO/c1-14-11-18(22-2)5-6-19(14)16-7-9-21(10-8-16)20-13-15-3-4-17(20)12-15/h5-6,11,15-17,20H,3-4,7-10,12-13H2,1-2H3. The van der Waals surface area contributed by atoms with Gasteiger partial charge in [0.05, 0.1) is 7.11 Å². The summed E-state index contributed by atoms with van der Waals surface area (Å²) < 4.78 is 5.34. The van der Waals surface area contributed by atoms with E-state index in [2.05, 4.69) is 30.0 Å². The molecule has 2 nitrogen and oxygen atoms in total. The molecular weight excluding hydrogens is 270 g/mol. The Hall–Kier alpha value is -1.02. The average molecular weight is 299 g/mol. The second kappa shape index (κ2) is 5.88. The fraction of sp³-hybridized carbons (Fsp3) is 0.700. The van der Waals surface area contributed by atoms with Gasteiger partial charge in [0.1, 0.15) is 5.75 Å². The molecule has 2 bridgehead atoms. The van der Waals surface area contributed by atoms with Crippen molar-refractivity contribution in [3.63, 3.8) is 0 Å². The second-order valence-corrected chi connectivity index (χ2v) is 7.77. The molecule has 1 aromatic carbocycles. The van der Waals surface area contributed by atoms with Crippen molar-refractivity contribution >= 4 is 0 Å². The monoisotopic (exact) mass is 299 g/mol. The lowest BCUT2D eigenvalue weighted by Gasteiger charge is -2.40. The van der Waals surface area contributed by atoms with Crippen molar-refractivity contribution in [2.45, 2.75) is 57.4 Å². The maximum Gasteiger partial charge on any atom is 0.119 e. The highest BCUT2D eigenvalue weighted by molar-refractivity contribution is 5.37. The normalized spacial score (nSPS) is 32.5. The number of likely N-dealkylation sites (tertiary alicyclic amines) is 1. The number of ether oxygens (including phenoxy) is 1. The number of hydrogen-bond donors (Lipinski definition) is 0. The fourth-order valence-electron chi connectivity index (χ4n) is 5.43. The average Bonchev–Trinajstić information content (AvgIpc) is 3.18. The number of aryl methyl sites for hydroxylation is 1. The minimum Gasteiger partial charge on any atom is -0.497 e. The fourth-order valence-corrected chi connectivity index (χ4v) is 5.43. The maximum atomic E-state index is 5.34. The molecule has 3 unspecified atom stereocenters. The van der Waals surface area contributed by atoms with Gasteiger partial charge in [0, 0.05) is 6.04 Å². The van der Waals surface area contributed by atoms with Crippen LogP contribution >= 0.6 is 0 Å². The van der Waals surface area contributed by atoms with Crippen molar-refractivity contribution in [3.05, 3.63) is 29.3 Å². The molecule has 2 aliphatic carbocycles. The molecule has 3 aliphatic rings. The molecule has 0 N–H and O–H groups in total. The van der Waals surface area contributed by atoms with Gasteiger partial charge >= 0.3 is 0 Å². The van der Waals surface area contributed by atoms with Crippen LogP contribution in [0, 0.1) is 18.8 Å². The molecule has 120 valence electrons. The Morgan fingerprint density at radius 2 is 1.86 bits per heavy atom. The molecule has 3 atom stereocenters. The van der Waals surface area contributed by atoms with Gasteiger partial charge in [0.2, 0.25) is 0 Å². The Labute approximate surface area is 134 Å². The van der Waals surface area contributed by atoms with E-state index in [1.807, 2.05) is 0 Å². The first kappa shape index (κ1) is 14.6. The maximum absolute atomic E-state index is 5.34. The molecule has 3 fully saturated rings. The molecule has 1 aromatic rings. The van der Waals surface area contributed by atoms with E-state index >= 15 is 0 Å². The van der Waals surface area contributed by atoms with Gasteiger partial charge in [0.15, 0.2) is 0 Å². The Balaban J connectivity index is 1.39. The van der Waals surface area contributed by atoms with E-state index in [0.29, 0.717) is 0 Å². The second-order valence-electron chi connectivity index (χ2n) is 7.77. The number of nitrogens with zero attached hydrogens (tertiary/aromatic N) is 1. The van der Waals surface area contributed by atoms with Gasteiger partial charge in [-0.05, 0) is 93.1 Å². The van der Waals surface area contributed by atoms with Crippen molar-refractivity contribution in [1.82, 2.24) is 4.90 Å². The molecule has 2 saturated carbocycles. The summed E-state index contributed by atoms with van der Waals surface area (Å²) in [4.78, 5) is 2.83. The van der Waals surface area contributed by atoms with Gasteiger partial charge in [0.25, 0.3) is 0 Å². The third-order valence-corrected chi connectivity index (χ3v) is 6.62. The van der Waals surface area contributed by atoms with Crippen molar-refractivity contribution in [2.24, 2.45) is 11.8 Å². The highest BCUT2D eigenvalue weighted by atomic mass is 16.5. The predicted octanol–water partition coefficient (Wildman–Crippen LogP) is 4.37. The SMILES string of the molecule is COc1ccc(C2CCN(C3CC4CCC3C4)CC2)c(C)c1. The van der Waals surface area contributed by atoms with Crippen LogP contribution in [0.15, 0.2) is 18.2 Å². The summed E-state index contributed by atoms with van der Waals surface area (Å²) in [6.07, 6.45) is 8.72. The lowest BCUT2D eigenvalue weighted by Crippen LogP contribution is -2.43. The highest BCUT2D eigenvalue weighted by Crippen LogP contribution is 2.47. The van der Waals surface area contributed by atoms with Crippen LogP contribution in [-0.4, -0.2) is 31.1 Å². The van der Waals surface area contributed by atoms with Crippen LogP contribution in [0.1, 0.15) is 55.6 Å². The van der Waals surface area contributed by atoms with Gasteiger partial charge in [-0.2, -0.15) is 0 Å². The lowest BCUT2D eigenvalue weighted by atomic mass is 9.85. The Kier molecular flexibility index (Phi) is 3.89. The smallest absolute Gasteiger partial charge is 0.119 e. The third-order valence-electron chi connectivity index (χ3n) is 6.62. The number of benzene rings is 1. The van der Waals surface area contributed by atoms with Gasteiger partial charge in [-0.3, -0.25) is 0 Å². The molecule has 22 heavy (non-hydrogen) atoms. The zero-order chi connectivity index (χ0) is 15.1. The Bertz CT molecular complexity index is 533. The third kappa shape index (κ3) is 2.56. The van der Waals surface area contributed by atoms with E-state index < -0.39 is 0 Å². The quantitative estimate of drug-likeness (QED) is 0.821. The zero-order valence-electron chi connectivity index (χ0n) is 14.1.